The molecule has 0 saturated carbocycles. The molecule has 0 aliphatic rings. The highest BCUT2D eigenvalue weighted by molar-refractivity contribution is 5.77. The largest absolute Gasteiger partial charge is 0.462 e. The molecule has 0 spiro atoms. The molecular weight excluding hydrogens is 337 g/mol. The molecule has 25 heavy (non-hydrogen) atoms. The minimum Gasteiger partial charge on any atom is -0.462 e. The van der Waals surface area contributed by atoms with Crippen LogP contribution in [-0.2, 0) is 25.7 Å². The van der Waals surface area contributed by atoms with Crippen molar-refractivity contribution in [3.8, 4) is 0 Å². The van der Waals surface area contributed by atoms with E-state index in [0.29, 0.717) is 0 Å². The van der Waals surface area contributed by atoms with Crippen LogP contribution in [0.1, 0.15) is 52.0 Å². The maximum Gasteiger partial charge on any atom is 0.306 e. The lowest BCUT2D eigenvalue weighted by atomic mass is 10.0. The van der Waals surface area contributed by atoms with Crippen molar-refractivity contribution in [1.29, 1.82) is 0 Å². The van der Waals surface area contributed by atoms with Crippen molar-refractivity contribution in [1.82, 2.24) is 0 Å². The second-order valence-corrected chi connectivity index (χ2v) is 6.10. The van der Waals surface area contributed by atoms with Gasteiger partial charge in [-0.05, 0) is 30.0 Å². The lowest BCUT2D eigenvalue weighted by molar-refractivity contribution is -0.156. The van der Waals surface area contributed by atoms with Gasteiger partial charge in [0.15, 0.2) is 17.5 Å². The summed E-state index contributed by atoms with van der Waals surface area (Å²) in [6, 6.07) is 1.50. The van der Waals surface area contributed by atoms with Crippen molar-refractivity contribution in [2.45, 2.75) is 59.2 Å². The summed E-state index contributed by atoms with van der Waals surface area (Å²) in [7, 11) is 0. The molecule has 1 aromatic carbocycles. The Hall–Kier alpha value is -2.05. The number of hydrogen-bond donors (Lipinski definition) is 0. The number of benzene rings is 1. The molecular formula is C18H23F3O4. The van der Waals surface area contributed by atoms with Crippen molar-refractivity contribution in [3.05, 3.63) is 35.1 Å². The van der Waals surface area contributed by atoms with Gasteiger partial charge in [0.1, 0.15) is 12.7 Å². The molecule has 0 aliphatic carbocycles. The Balaban J connectivity index is 2.41. The van der Waals surface area contributed by atoms with E-state index in [4.69, 9.17) is 9.47 Å². The average Bonchev–Trinajstić information content (AvgIpc) is 2.55. The minimum atomic E-state index is -1.58. The van der Waals surface area contributed by atoms with E-state index in [0.717, 1.165) is 25.0 Å². The van der Waals surface area contributed by atoms with Crippen LogP contribution in [0.15, 0.2) is 12.1 Å². The molecule has 1 unspecified atom stereocenters. The van der Waals surface area contributed by atoms with Crippen LogP contribution in [0.5, 0.6) is 0 Å². The van der Waals surface area contributed by atoms with Gasteiger partial charge < -0.3 is 9.47 Å². The summed E-state index contributed by atoms with van der Waals surface area (Å²) in [6.45, 7) is 5.47. The van der Waals surface area contributed by atoms with Crippen LogP contribution in [0, 0.1) is 23.4 Å². The van der Waals surface area contributed by atoms with Crippen LogP contribution < -0.4 is 0 Å². The number of carbonyl (C=O) groups is 2. The smallest absolute Gasteiger partial charge is 0.306 e. The lowest BCUT2D eigenvalue weighted by Crippen LogP contribution is -2.24. The summed E-state index contributed by atoms with van der Waals surface area (Å²) >= 11 is 0. The zero-order chi connectivity index (χ0) is 19.0. The van der Waals surface area contributed by atoms with Gasteiger partial charge in [0.25, 0.3) is 0 Å². The molecule has 4 nitrogen and oxygen atoms in total. The first-order valence-electron chi connectivity index (χ1n) is 8.23. The number of halogens is 3. The van der Waals surface area contributed by atoms with E-state index in [1.165, 1.54) is 0 Å². The van der Waals surface area contributed by atoms with Crippen LogP contribution >= 0.6 is 0 Å². The minimum absolute atomic E-state index is 0.0184. The van der Waals surface area contributed by atoms with Crippen molar-refractivity contribution in [2.75, 3.05) is 0 Å². The summed E-state index contributed by atoms with van der Waals surface area (Å²) in [5.41, 5.74) is -0.0184. The first-order chi connectivity index (χ1) is 11.7. The first kappa shape index (κ1) is 21.0. The van der Waals surface area contributed by atoms with Gasteiger partial charge in [-0.25, -0.2) is 13.2 Å². The maximum absolute atomic E-state index is 13.1. The summed E-state index contributed by atoms with van der Waals surface area (Å²) in [5, 5.41) is 0. The van der Waals surface area contributed by atoms with E-state index in [2.05, 4.69) is 0 Å². The Kier molecular flexibility index (Phi) is 8.45. The molecule has 0 aromatic heterocycles. The third-order valence-corrected chi connectivity index (χ3v) is 3.58. The number of ether oxygens (including phenoxy) is 2. The van der Waals surface area contributed by atoms with Gasteiger partial charge in [0.2, 0.25) is 0 Å². The third kappa shape index (κ3) is 7.15. The number of esters is 2. The Morgan fingerprint density at radius 2 is 1.60 bits per heavy atom. The highest BCUT2D eigenvalue weighted by Gasteiger charge is 2.18. The molecule has 1 rings (SSSR count). The number of rotatable bonds is 9. The molecule has 140 valence electrons. The van der Waals surface area contributed by atoms with E-state index in [9.17, 15) is 22.8 Å². The fraction of sp³-hybridized carbons (Fsp3) is 0.556. The predicted molar refractivity (Wildman–Crippen MR) is 85.0 cm³/mol. The Labute approximate surface area is 145 Å². The Morgan fingerprint density at radius 1 is 1.04 bits per heavy atom. The lowest BCUT2D eigenvalue weighted by Gasteiger charge is -2.20. The van der Waals surface area contributed by atoms with Gasteiger partial charge in [-0.2, -0.15) is 0 Å². The monoisotopic (exact) mass is 360 g/mol. The molecule has 0 amide bonds. The van der Waals surface area contributed by atoms with Crippen LogP contribution in [0.25, 0.3) is 0 Å². The van der Waals surface area contributed by atoms with Crippen molar-refractivity contribution in [2.24, 2.45) is 5.92 Å². The van der Waals surface area contributed by atoms with Crippen LogP contribution in [0.3, 0.4) is 0 Å². The highest BCUT2D eigenvalue weighted by atomic mass is 19.2. The van der Waals surface area contributed by atoms with E-state index >= 15 is 0 Å². The Bertz CT molecular complexity index is 579. The quantitative estimate of drug-likeness (QED) is 0.487. The second-order valence-electron chi connectivity index (χ2n) is 6.10. The van der Waals surface area contributed by atoms with Crippen molar-refractivity contribution < 1.29 is 32.2 Å². The molecule has 0 saturated heterocycles. The molecule has 0 N–H and O–H groups in total. The van der Waals surface area contributed by atoms with Crippen molar-refractivity contribution in [3.63, 3.8) is 0 Å². The van der Waals surface area contributed by atoms with Gasteiger partial charge >= 0.3 is 11.9 Å². The van der Waals surface area contributed by atoms with Crippen LogP contribution in [-0.4, -0.2) is 18.0 Å². The van der Waals surface area contributed by atoms with Crippen LogP contribution in [0.2, 0.25) is 0 Å². The second kappa shape index (κ2) is 10.1. The molecule has 1 atom stereocenters. The fourth-order valence-electron chi connectivity index (χ4n) is 2.17. The zero-order valence-electron chi connectivity index (χ0n) is 14.6. The summed E-state index contributed by atoms with van der Waals surface area (Å²) in [6.07, 6.45) is 1.08. The van der Waals surface area contributed by atoms with Crippen molar-refractivity contribution >= 4 is 11.9 Å². The molecule has 0 heterocycles. The molecule has 0 bridgehead atoms. The fourth-order valence-corrected chi connectivity index (χ4v) is 2.17. The van der Waals surface area contributed by atoms with Crippen LogP contribution in [0.4, 0.5) is 13.2 Å². The summed E-state index contributed by atoms with van der Waals surface area (Å²) < 4.78 is 49.1. The normalized spacial score (nSPS) is 12.1. The first-order valence-corrected chi connectivity index (χ1v) is 8.23. The van der Waals surface area contributed by atoms with E-state index in [1.807, 2.05) is 20.8 Å². The molecule has 1 aromatic rings. The van der Waals surface area contributed by atoms with Gasteiger partial charge in [-0.15, -0.1) is 0 Å². The number of carbonyl (C=O) groups excluding carboxylic acids is 2. The summed E-state index contributed by atoms with van der Waals surface area (Å²) in [4.78, 5) is 23.4. The van der Waals surface area contributed by atoms with E-state index in [1.54, 1.807) is 0 Å². The molecule has 7 heteroatoms. The van der Waals surface area contributed by atoms with Gasteiger partial charge in [-0.3, -0.25) is 9.59 Å². The van der Waals surface area contributed by atoms with Gasteiger partial charge in [0.05, 0.1) is 12.8 Å². The molecule has 0 radical (unpaired) electrons. The number of hydrogen-bond acceptors (Lipinski definition) is 4. The van der Waals surface area contributed by atoms with E-state index < -0.39 is 36.0 Å². The molecule has 0 fully saturated rings. The standard InChI is InChI=1S/C18H23F3O4/c1-4-5-15(11(2)3)25-17(23)7-6-16(22)24-10-12-8-13(19)18(21)14(20)9-12/h8-9,11,15H,4-7,10H2,1-3H3. The maximum atomic E-state index is 13.1. The van der Waals surface area contributed by atoms with Gasteiger partial charge in [0, 0.05) is 0 Å². The van der Waals surface area contributed by atoms with Gasteiger partial charge in [-0.1, -0.05) is 27.2 Å². The summed E-state index contributed by atoms with van der Waals surface area (Å²) in [5.74, 6) is -5.32. The molecule has 0 aliphatic heterocycles. The zero-order valence-corrected chi connectivity index (χ0v) is 14.6. The highest BCUT2D eigenvalue weighted by Crippen LogP contribution is 2.16. The third-order valence-electron chi connectivity index (χ3n) is 3.58. The average molecular weight is 360 g/mol. The Morgan fingerprint density at radius 3 is 2.12 bits per heavy atom. The van der Waals surface area contributed by atoms with E-state index in [-0.39, 0.29) is 30.4 Å². The topological polar surface area (TPSA) is 52.6 Å². The SMILES string of the molecule is CCCC(OC(=O)CCC(=O)OCc1cc(F)c(F)c(F)c1)C(C)C. The predicted octanol–water partition coefficient (Wildman–Crippen LogP) is 4.30.